The van der Waals surface area contributed by atoms with Crippen molar-refractivity contribution >= 4 is 23.4 Å². The third kappa shape index (κ3) is 3.67. The standard InChI is InChI=1S/C23H19FN4O2S/c24-15-7-2-1-5-14(15)12-31-23-27-21-20(22(30)28-23)18(13-6-4-10-25-11-13)19-16(26-21)8-3-9-17(19)29/h1-2,4-8,10-11,18-19H,3,9,12H2,(H2,26,27,28,30). The van der Waals surface area contributed by atoms with Crippen molar-refractivity contribution < 1.29 is 9.18 Å². The molecule has 8 heteroatoms. The molecule has 0 amide bonds. The molecule has 156 valence electrons. The first-order chi connectivity index (χ1) is 15.1. The molecule has 6 nitrogen and oxygen atoms in total. The quantitative estimate of drug-likeness (QED) is 0.476. The number of anilines is 1. The predicted molar refractivity (Wildman–Crippen MR) is 116 cm³/mol. The van der Waals surface area contributed by atoms with E-state index in [0.29, 0.717) is 40.7 Å². The molecule has 0 radical (unpaired) electrons. The maximum Gasteiger partial charge on any atom is 0.257 e. The average molecular weight is 434 g/mol. The molecule has 0 saturated heterocycles. The van der Waals surface area contributed by atoms with E-state index in [0.717, 1.165) is 11.3 Å². The molecule has 2 aliphatic rings. The van der Waals surface area contributed by atoms with Gasteiger partial charge in [-0.3, -0.25) is 14.6 Å². The summed E-state index contributed by atoms with van der Waals surface area (Å²) in [5, 5.41) is 3.62. The Morgan fingerprint density at radius 1 is 1.13 bits per heavy atom. The fourth-order valence-corrected chi connectivity index (χ4v) is 5.06. The number of carbonyl (C=O) groups excluding carboxylic acids is 1. The molecule has 0 saturated carbocycles. The molecule has 0 fully saturated rings. The second-order valence-corrected chi connectivity index (χ2v) is 8.51. The lowest BCUT2D eigenvalue weighted by molar-refractivity contribution is -0.122. The number of aromatic amines is 1. The molecular formula is C23H19FN4O2S. The maximum absolute atomic E-state index is 13.9. The lowest BCUT2D eigenvalue weighted by Gasteiger charge is -2.36. The van der Waals surface area contributed by atoms with E-state index in [9.17, 15) is 14.0 Å². The van der Waals surface area contributed by atoms with Crippen LogP contribution in [0.4, 0.5) is 10.2 Å². The minimum atomic E-state index is -0.453. The van der Waals surface area contributed by atoms with Gasteiger partial charge in [-0.05, 0) is 29.7 Å². The molecule has 3 aromatic rings. The number of Topliss-reactive ketones (excluding diaryl/α,β-unsaturated/α-hetero) is 1. The van der Waals surface area contributed by atoms with Crippen molar-refractivity contribution in [2.45, 2.75) is 29.7 Å². The van der Waals surface area contributed by atoms with Crippen LogP contribution >= 0.6 is 11.8 Å². The second kappa shape index (κ2) is 8.11. The topological polar surface area (TPSA) is 87.7 Å². The first-order valence-electron chi connectivity index (χ1n) is 10.0. The summed E-state index contributed by atoms with van der Waals surface area (Å²) in [6.07, 6.45) is 6.47. The van der Waals surface area contributed by atoms with E-state index in [1.54, 1.807) is 36.7 Å². The molecule has 5 rings (SSSR count). The van der Waals surface area contributed by atoms with Crippen LogP contribution in [0.1, 0.15) is 35.4 Å². The highest BCUT2D eigenvalue weighted by Gasteiger charge is 2.42. The molecule has 2 aromatic heterocycles. The Bertz CT molecular complexity index is 1240. The largest absolute Gasteiger partial charge is 0.343 e. The van der Waals surface area contributed by atoms with E-state index in [1.165, 1.54) is 17.8 Å². The van der Waals surface area contributed by atoms with Gasteiger partial charge < -0.3 is 10.3 Å². The molecule has 31 heavy (non-hydrogen) atoms. The fourth-order valence-electron chi connectivity index (χ4n) is 4.22. The Balaban J connectivity index is 1.56. The molecule has 2 N–H and O–H groups in total. The molecule has 1 aromatic carbocycles. The van der Waals surface area contributed by atoms with Gasteiger partial charge in [0.25, 0.3) is 5.56 Å². The molecule has 1 aliphatic carbocycles. The summed E-state index contributed by atoms with van der Waals surface area (Å²) < 4.78 is 13.9. The van der Waals surface area contributed by atoms with Gasteiger partial charge in [0.05, 0.1) is 11.5 Å². The normalized spacial score (nSPS) is 19.8. The first-order valence-corrected chi connectivity index (χ1v) is 11.0. The van der Waals surface area contributed by atoms with Gasteiger partial charge in [0.1, 0.15) is 17.4 Å². The molecule has 3 heterocycles. The lowest BCUT2D eigenvalue weighted by atomic mass is 9.72. The van der Waals surface area contributed by atoms with Gasteiger partial charge in [-0.2, -0.15) is 0 Å². The number of rotatable bonds is 4. The second-order valence-electron chi connectivity index (χ2n) is 7.54. The van der Waals surface area contributed by atoms with E-state index in [-0.39, 0.29) is 17.2 Å². The van der Waals surface area contributed by atoms with Gasteiger partial charge in [-0.25, -0.2) is 9.37 Å². The highest BCUT2D eigenvalue weighted by molar-refractivity contribution is 7.98. The van der Waals surface area contributed by atoms with Crippen LogP contribution in [0.15, 0.2) is 70.5 Å². The summed E-state index contributed by atoms with van der Waals surface area (Å²) in [6.45, 7) is 0. The Kier molecular flexibility index (Phi) is 5.15. The van der Waals surface area contributed by atoms with E-state index >= 15 is 0 Å². The van der Waals surface area contributed by atoms with Crippen molar-refractivity contribution in [1.29, 1.82) is 0 Å². The van der Waals surface area contributed by atoms with Crippen LogP contribution in [-0.4, -0.2) is 20.7 Å². The smallest absolute Gasteiger partial charge is 0.257 e. The van der Waals surface area contributed by atoms with Crippen LogP contribution in [0.2, 0.25) is 0 Å². The summed E-state index contributed by atoms with van der Waals surface area (Å²) in [4.78, 5) is 37.6. The minimum absolute atomic E-state index is 0.0990. The summed E-state index contributed by atoms with van der Waals surface area (Å²) in [5.74, 6) is -0.327. The van der Waals surface area contributed by atoms with Crippen LogP contribution < -0.4 is 10.9 Å². The van der Waals surface area contributed by atoms with Crippen molar-refractivity contribution in [2.75, 3.05) is 5.32 Å². The number of allylic oxidation sites excluding steroid dienone is 2. The van der Waals surface area contributed by atoms with Gasteiger partial charge in [0, 0.05) is 36.2 Å². The Hall–Kier alpha value is -3.26. The van der Waals surface area contributed by atoms with Gasteiger partial charge in [-0.15, -0.1) is 0 Å². The number of halogens is 1. The van der Waals surface area contributed by atoms with Crippen molar-refractivity contribution in [3.05, 3.63) is 93.4 Å². The number of ketones is 1. The fraction of sp³-hybridized carbons (Fsp3) is 0.217. The number of hydrogen-bond donors (Lipinski definition) is 2. The highest BCUT2D eigenvalue weighted by Crippen LogP contribution is 2.44. The first kappa shape index (κ1) is 19.7. The van der Waals surface area contributed by atoms with Crippen molar-refractivity contribution in [1.82, 2.24) is 15.0 Å². The Morgan fingerprint density at radius 2 is 2.00 bits per heavy atom. The zero-order valence-corrected chi connectivity index (χ0v) is 17.3. The zero-order valence-electron chi connectivity index (χ0n) is 16.5. The molecule has 0 bridgehead atoms. The van der Waals surface area contributed by atoms with Crippen LogP contribution in [0.25, 0.3) is 0 Å². The monoisotopic (exact) mass is 434 g/mol. The lowest BCUT2D eigenvalue weighted by Crippen LogP contribution is -2.38. The molecule has 2 atom stereocenters. The maximum atomic E-state index is 13.9. The average Bonchev–Trinajstić information content (AvgIpc) is 2.78. The van der Waals surface area contributed by atoms with Crippen molar-refractivity contribution in [3.63, 3.8) is 0 Å². The summed E-state index contributed by atoms with van der Waals surface area (Å²) in [6, 6.07) is 10.2. The Morgan fingerprint density at radius 3 is 2.81 bits per heavy atom. The van der Waals surface area contributed by atoms with Crippen LogP contribution in [0.3, 0.4) is 0 Å². The highest BCUT2D eigenvalue weighted by atomic mass is 32.2. The number of aromatic nitrogens is 3. The summed E-state index contributed by atoms with van der Waals surface area (Å²) in [5.41, 5.74) is 2.24. The third-order valence-electron chi connectivity index (χ3n) is 5.64. The summed E-state index contributed by atoms with van der Waals surface area (Å²) >= 11 is 1.26. The number of thioether (sulfide) groups is 1. The molecule has 1 aliphatic heterocycles. The van der Waals surface area contributed by atoms with Crippen LogP contribution in [0, 0.1) is 11.7 Å². The zero-order chi connectivity index (χ0) is 21.4. The van der Waals surface area contributed by atoms with Gasteiger partial charge >= 0.3 is 0 Å². The van der Waals surface area contributed by atoms with Gasteiger partial charge in [0.15, 0.2) is 5.16 Å². The van der Waals surface area contributed by atoms with Crippen LogP contribution in [0.5, 0.6) is 0 Å². The number of nitrogens with one attached hydrogen (secondary N) is 2. The van der Waals surface area contributed by atoms with Crippen molar-refractivity contribution in [3.8, 4) is 0 Å². The number of hydrogen-bond acceptors (Lipinski definition) is 6. The molecule has 0 spiro atoms. The SMILES string of the molecule is O=C1CCC=C2Nc3nc(SCc4ccccc4F)[nH]c(=O)c3C(c3cccnc3)C12. The number of fused-ring (bicyclic) bond motifs is 2. The minimum Gasteiger partial charge on any atom is -0.343 e. The van der Waals surface area contributed by atoms with E-state index in [4.69, 9.17) is 0 Å². The summed E-state index contributed by atoms with van der Waals surface area (Å²) in [7, 11) is 0. The van der Waals surface area contributed by atoms with Crippen LogP contribution in [-0.2, 0) is 10.5 Å². The molecular weight excluding hydrogens is 415 g/mol. The molecule has 2 unspecified atom stereocenters. The number of pyridine rings is 1. The number of nitrogens with zero attached hydrogens (tertiary/aromatic N) is 2. The van der Waals surface area contributed by atoms with Gasteiger partial charge in [-0.1, -0.05) is 42.1 Å². The van der Waals surface area contributed by atoms with Crippen molar-refractivity contribution in [2.24, 2.45) is 5.92 Å². The van der Waals surface area contributed by atoms with E-state index < -0.39 is 11.8 Å². The predicted octanol–water partition coefficient (Wildman–Crippen LogP) is 4.02. The third-order valence-corrected chi connectivity index (χ3v) is 6.57. The number of carbonyl (C=O) groups is 1. The number of benzene rings is 1. The number of H-pyrrole nitrogens is 1. The van der Waals surface area contributed by atoms with E-state index in [1.807, 2.05) is 12.1 Å². The van der Waals surface area contributed by atoms with E-state index in [2.05, 4.69) is 20.3 Å². The van der Waals surface area contributed by atoms with Gasteiger partial charge in [0.2, 0.25) is 0 Å². The Labute approximate surface area is 182 Å².